The van der Waals surface area contributed by atoms with Gasteiger partial charge in [0.1, 0.15) is 5.75 Å². The van der Waals surface area contributed by atoms with Gasteiger partial charge in [0.15, 0.2) is 0 Å². The lowest BCUT2D eigenvalue weighted by Crippen LogP contribution is -2.12. The minimum absolute atomic E-state index is 0.247. The standard InChI is InChI=1S/C17H25ClN2O/c1-13(20-4)14-7-8-16(15(18)11-14)21-10-6-5-9-17(2,3)12-19/h7-8,11,13,20H,5-6,9-10H2,1-4H3. The number of rotatable bonds is 8. The molecule has 116 valence electrons. The third-order valence-corrected chi connectivity index (χ3v) is 3.94. The summed E-state index contributed by atoms with van der Waals surface area (Å²) < 4.78 is 5.72. The van der Waals surface area contributed by atoms with Gasteiger partial charge in [-0.25, -0.2) is 0 Å². The highest BCUT2D eigenvalue weighted by molar-refractivity contribution is 6.32. The summed E-state index contributed by atoms with van der Waals surface area (Å²) in [6.45, 7) is 6.64. The molecular formula is C17H25ClN2O. The average molecular weight is 309 g/mol. The minimum atomic E-state index is -0.247. The summed E-state index contributed by atoms with van der Waals surface area (Å²) in [6.07, 6.45) is 2.79. The number of hydrogen-bond donors (Lipinski definition) is 1. The van der Waals surface area contributed by atoms with Crippen LogP contribution in [0.25, 0.3) is 0 Å². The number of halogens is 1. The predicted molar refractivity (Wildman–Crippen MR) is 87.7 cm³/mol. The van der Waals surface area contributed by atoms with Gasteiger partial charge in [-0.1, -0.05) is 17.7 Å². The number of unbranched alkanes of at least 4 members (excludes halogenated alkanes) is 1. The largest absolute Gasteiger partial charge is 0.492 e. The Balaban J connectivity index is 2.41. The predicted octanol–water partition coefficient (Wildman–Crippen LogP) is 4.72. The Morgan fingerprint density at radius 2 is 2.10 bits per heavy atom. The van der Waals surface area contributed by atoms with Crippen molar-refractivity contribution in [2.45, 2.75) is 46.1 Å². The van der Waals surface area contributed by atoms with Crippen molar-refractivity contribution in [3.63, 3.8) is 0 Å². The van der Waals surface area contributed by atoms with Crippen LogP contribution in [0, 0.1) is 16.7 Å². The maximum absolute atomic E-state index is 8.95. The van der Waals surface area contributed by atoms with Crippen molar-refractivity contribution >= 4 is 11.6 Å². The smallest absolute Gasteiger partial charge is 0.137 e. The molecule has 3 nitrogen and oxygen atoms in total. The molecule has 1 unspecified atom stereocenters. The quantitative estimate of drug-likeness (QED) is 0.707. The van der Waals surface area contributed by atoms with E-state index in [1.54, 1.807) is 0 Å². The van der Waals surface area contributed by atoms with Crippen LogP contribution in [0.4, 0.5) is 0 Å². The van der Waals surface area contributed by atoms with Gasteiger partial charge in [-0.3, -0.25) is 0 Å². The average Bonchev–Trinajstić information content (AvgIpc) is 2.47. The van der Waals surface area contributed by atoms with E-state index in [4.69, 9.17) is 21.6 Å². The van der Waals surface area contributed by atoms with Crippen molar-refractivity contribution in [2.75, 3.05) is 13.7 Å². The summed E-state index contributed by atoms with van der Waals surface area (Å²) in [6, 6.07) is 8.47. The van der Waals surface area contributed by atoms with Crippen molar-refractivity contribution in [3.05, 3.63) is 28.8 Å². The first-order valence-corrected chi connectivity index (χ1v) is 7.78. The SMILES string of the molecule is CNC(C)c1ccc(OCCCCC(C)(C)C#N)c(Cl)c1. The van der Waals surface area contributed by atoms with E-state index in [0.717, 1.165) is 30.6 Å². The van der Waals surface area contributed by atoms with Gasteiger partial charge < -0.3 is 10.1 Å². The van der Waals surface area contributed by atoms with E-state index >= 15 is 0 Å². The number of hydrogen-bond acceptors (Lipinski definition) is 3. The van der Waals surface area contributed by atoms with Crippen LogP contribution >= 0.6 is 11.6 Å². The third kappa shape index (κ3) is 5.95. The van der Waals surface area contributed by atoms with Crippen molar-refractivity contribution in [1.82, 2.24) is 5.32 Å². The fourth-order valence-corrected chi connectivity index (χ4v) is 2.22. The molecule has 1 atom stereocenters. The number of ether oxygens (including phenoxy) is 1. The third-order valence-electron chi connectivity index (χ3n) is 3.65. The molecule has 0 aromatic heterocycles. The first-order valence-electron chi connectivity index (χ1n) is 7.40. The topological polar surface area (TPSA) is 45.0 Å². The maximum Gasteiger partial charge on any atom is 0.137 e. The van der Waals surface area contributed by atoms with E-state index in [9.17, 15) is 0 Å². The van der Waals surface area contributed by atoms with Crippen LogP contribution in [-0.2, 0) is 0 Å². The Morgan fingerprint density at radius 3 is 2.67 bits per heavy atom. The van der Waals surface area contributed by atoms with E-state index in [1.807, 2.05) is 39.1 Å². The molecule has 0 saturated carbocycles. The van der Waals surface area contributed by atoms with Gasteiger partial charge in [0, 0.05) is 6.04 Å². The number of benzene rings is 1. The van der Waals surface area contributed by atoms with Gasteiger partial charge in [-0.15, -0.1) is 0 Å². The summed E-state index contributed by atoms with van der Waals surface area (Å²) in [5.41, 5.74) is 0.897. The molecule has 0 aliphatic carbocycles. The molecule has 0 spiro atoms. The van der Waals surface area contributed by atoms with E-state index < -0.39 is 0 Å². The van der Waals surface area contributed by atoms with Crippen molar-refractivity contribution < 1.29 is 4.74 Å². The molecular weight excluding hydrogens is 284 g/mol. The lowest BCUT2D eigenvalue weighted by molar-refractivity contribution is 0.295. The van der Waals surface area contributed by atoms with Crippen LogP contribution in [0.15, 0.2) is 18.2 Å². The molecule has 0 amide bonds. The maximum atomic E-state index is 8.95. The summed E-state index contributed by atoms with van der Waals surface area (Å²) in [5, 5.41) is 12.8. The lowest BCUT2D eigenvalue weighted by Gasteiger charge is -2.15. The Bertz CT molecular complexity index is 494. The van der Waals surface area contributed by atoms with Gasteiger partial charge in [0.05, 0.1) is 23.1 Å². The Labute approximate surface area is 133 Å². The highest BCUT2D eigenvalue weighted by atomic mass is 35.5. The van der Waals surface area contributed by atoms with Gasteiger partial charge in [0.25, 0.3) is 0 Å². The molecule has 0 aliphatic rings. The van der Waals surface area contributed by atoms with Gasteiger partial charge in [0.2, 0.25) is 0 Å². The fourth-order valence-electron chi connectivity index (χ4n) is 1.98. The Hall–Kier alpha value is -1.24. The molecule has 1 rings (SSSR count). The van der Waals surface area contributed by atoms with Gasteiger partial charge in [-0.2, -0.15) is 5.26 Å². The zero-order valence-corrected chi connectivity index (χ0v) is 14.1. The van der Waals surface area contributed by atoms with Crippen molar-refractivity contribution in [1.29, 1.82) is 5.26 Å². The highest BCUT2D eigenvalue weighted by Gasteiger charge is 2.15. The number of nitriles is 1. The molecule has 0 bridgehead atoms. The molecule has 0 fully saturated rings. The molecule has 0 heterocycles. The highest BCUT2D eigenvalue weighted by Crippen LogP contribution is 2.28. The van der Waals surface area contributed by atoms with Crippen molar-refractivity contribution in [3.8, 4) is 11.8 Å². The van der Waals surface area contributed by atoms with E-state index in [0.29, 0.717) is 11.6 Å². The van der Waals surface area contributed by atoms with Crippen LogP contribution in [0.2, 0.25) is 5.02 Å². The minimum Gasteiger partial charge on any atom is -0.492 e. The zero-order valence-electron chi connectivity index (χ0n) is 13.4. The molecule has 1 aromatic rings. The number of nitrogens with zero attached hydrogens (tertiary/aromatic N) is 1. The second kappa shape index (κ2) is 8.26. The Kier molecular flexibility index (Phi) is 7.01. The molecule has 0 saturated heterocycles. The molecule has 4 heteroatoms. The van der Waals surface area contributed by atoms with Crippen LogP contribution in [0.3, 0.4) is 0 Å². The van der Waals surface area contributed by atoms with Gasteiger partial charge in [-0.05, 0) is 64.8 Å². The van der Waals surface area contributed by atoms with Crippen LogP contribution in [0.1, 0.15) is 51.6 Å². The summed E-state index contributed by atoms with van der Waals surface area (Å²) in [4.78, 5) is 0. The first kappa shape index (κ1) is 17.8. The second-order valence-electron chi connectivity index (χ2n) is 6.00. The Morgan fingerprint density at radius 1 is 1.38 bits per heavy atom. The molecule has 1 N–H and O–H groups in total. The van der Waals surface area contributed by atoms with Crippen LogP contribution in [-0.4, -0.2) is 13.7 Å². The molecule has 21 heavy (non-hydrogen) atoms. The monoisotopic (exact) mass is 308 g/mol. The second-order valence-corrected chi connectivity index (χ2v) is 6.41. The van der Waals surface area contributed by atoms with Crippen molar-refractivity contribution in [2.24, 2.45) is 5.41 Å². The molecule has 1 aromatic carbocycles. The van der Waals surface area contributed by atoms with Crippen LogP contribution in [0.5, 0.6) is 5.75 Å². The molecule has 0 radical (unpaired) electrons. The fraction of sp³-hybridized carbons (Fsp3) is 0.588. The first-order chi connectivity index (χ1) is 9.89. The lowest BCUT2D eigenvalue weighted by atomic mass is 9.89. The number of nitrogens with one attached hydrogen (secondary N) is 1. The van der Waals surface area contributed by atoms with E-state index in [2.05, 4.69) is 18.3 Å². The molecule has 0 aliphatic heterocycles. The summed E-state index contributed by atoms with van der Waals surface area (Å²) >= 11 is 6.24. The zero-order chi connectivity index (χ0) is 15.9. The summed E-state index contributed by atoms with van der Waals surface area (Å²) in [5.74, 6) is 0.725. The summed E-state index contributed by atoms with van der Waals surface area (Å²) in [7, 11) is 1.92. The van der Waals surface area contributed by atoms with Gasteiger partial charge >= 0.3 is 0 Å². The van der Waals surface area contributed by atoms with E-state index in [-0.39, 0.29) is 11.5 Å². The normalized spacial score (nSPS) is 12.8. The van der Waals surface area contributed by atoms with E-state index in [1.165, 1.54) is 0 Å². The van der Waals surface area contributed by atoms with Crippen LogP contribution < -0.4 is 10.1 Å².